The molecular weight excluding hydrogens is 374 g/mol. The molecule has 0 spiro atoms. The number of ether oxygens (including phenoxy) is 1. The molecule has 0 radical (unpaired) electrons. The molecule has 2 N–H and O–H groups in total. The summed E-state index contributed by atoms with van der Waals surface area (Å²) in [5.41, 5.74) is 6.47. The van der Waals surface area contributed by atoms with Gasteiger partial charge in [0.2, 0.25) is 5.88 Å². The van der Waals surface area contributed by atoms with Crippen LogP contribution in [0.5, 0.6) is 5.88 Å². The van der Waals surface area contributed by atoms with Gasteiger partial charge in [0, 0.05) is 30.1 Å². The zero-order valence-electron chi connectivity index (χ0n) is 15.8. The second-order valence-corrected chi connectivity index (χ2v) is 10.3. The van der Waals surface area contributed by atoms with E-state index in [1.807, 2.05) is 20.8 Å². The highest BCUT2D eigenvalue weighted by Crippen LogP contribution is 2.32. The lowest BCUT2D eigenvalue weighted by Crippen LogP contribution is -2.29. The monoisotopic (exact) mass is 399 g/mol. The van der Waals surface area contributed by atoms with Gasteiger partial charge in [-0.15, -0.1) is 0 Å². The van der Waals surface area contributed by atoms with Gasteiger partial charge in [0.25, 0.3) is 0 Å². The molecule has 0 bridgehead atoms. The molecule has 0 unspecified atom stereocenters. The molecule has 2 aromatic rings. The van der Waals surface area contributed by atoms with Crippen molar-refractivity contribution in [3.05, 3.63) is 29.2 Å². The first-order valence-electron chi connectivity index (χ1n) is 8.57. The standard InChI is InChI=1S/C18H26ClN3O3S/c1-6-26(23,24)12(3)7-11(2)25-17-14-9-21-16(19)8-13(14)15(10-22-17)18(4,5)20/h8-12H,6-7,20H2,1-5H3/t11-,12-/m1/s1. The number of fused-ring (bicyclic) bond motifs is 1. The van der Waals surface area contributed by atoms with Crippen LogP contribution in [0.15, 0.2) is 18.5 Å². The minimum atomic E-state index is -3.11. The van der Waals surface area contributed by atoms with Crippen LogP contribution in [-0.4, -0.2) is 35.5 Å². The van der Waals surface area contributed by atoms with Crippen LogP contribution >= 0.6 is 11.6 Å². The van der Waals surface area contributed by atoms with Gasteiger partial charge in [-0.2, -0.15) is 0 Å². The maximum absolute atomic E-state index is 12.0. The van der Waals surface area contributed by atoms with Gasteiger partial charge in [0.15, 0.2) is 9.84 Å². The minimum absolute atomic E-state index is 0.116. The number of hydrogen-bond acceptors (Lipinski definition) is 6. The van der Waals surface area contributed by atoms with Crippen LogP contribution in [0, 0.1) is 0 Å². The Morgan fingerprint density at radius 2 is 1.88 bits per heavy atom. The lowest BCUT2D eigenvalue weighted by atomic mass is 9.93. The third-order valence-electron chi connectivity index (χ3n) is 4.39. The van der Waals surface area contributed by atoms with Crippen molar-refractivity contribution in [3.63, 3.8) is 0 Å². The number of aromatic nitrogens is 2. The molecule has 0 aliphatic carbocycles. The maximum Gasteiger partial charge on any atom is 0.223 e. The fourth-order valence-electron chi connectivity index (χ4n) is 2.83. The average Bonchev–Trinajstić information content (AvgIpc) is 2.53. The molecule has 0 saturated heterocycles. The number of hydrogen-bond donors (Lipinski definition) is 1. The van der Waals surface area contributed by atoms with E-state index in [1.54, 1.807) is 32.3 Å². The van der Waals surface area contributed by atoms with Crippen LogP contribution < -0.4 is 10.5 Å². The van der Waals surface area contributed by atoms with Gasteiger partial charge in [-0.05, 0) is 44.7 Å². The first-order valence-corrected chi connectivity index (χ1v) is 10.7. The second kappa shape index (κ2) is 7.66. The zero-order valence-corrected chi connectivity index (χ0v) is 17.4. The zero-order chi connectivity index (χ0) is 19.7. The summed E-state index contributed by atoms with van der Waals surface area (Å²) in [6.07, 6.45) is 3.33. The molecule has 26 heavy (non-hydrogen) atoms. The van der Waals surface area contributed by atoms with Gasteiger partial charge in [0.1, 0.15) is 5.15 Å². The molecule has 2 atom stereocenters. The summed E-state index contributed by atoms with van der Waals surface area (Å²) in [7, 11) is -3.11. The van der Waals surface area contributed by atoms with Crippen LogP contribution in [-0.2, 0) is 15.4 Å². The Labute approximate surface area is 160 Å². The van der Waals surface area contributed by atoms with Crippen molar-refractivity contribution in [2.45, 2.75) is 57.9 Å². The molecular formula is C18H26ClN3O3S. The van der Waals surface area contributed by atoms with Gasteiger partial charge in [0.05, 0.1) is 16.7 Å². The second-order valence-electron chi connectivity index (χ2n) is 7.18. The first kappa shape index (κ1) is 20.9. The summed E-state index contributed by atoms with van der Waals surface area (Å²) < 4.78 is 29.9. The average molecular weight is 400 g/mol. The summed E-state index contributed by atoms with van der Waals surface area (Å²) in [5.74, 6) is 0.510. The van der Waals surface area contributed by atoms with E-state index >= 15 is 0 Å². The van der Waals surface area contributed by atoms with Crippen molar-refractivity contribution in [3.8, 4) is 5.88 Å². The highest BCUT2D eigenvalue weighted by Gasteiger charge is 2.24. The predicted molar refractivity (Wildman–Crippen MR) is 105 cm³/mol. The molecule has 144 valence electrons. The third kappa shape index (κ3) is 4.64. The van der Waals surface area contributed by atoms with E-state index in [4.69, 9.17) is 22.1 Å². The number of sulfone groups is 1. The van der Waals surface area contributed by atoms with Crippen molar-refractivity contribution in [1.29, 1.82) is 0 Å². The van der Waals surface area contributed by atoms with Crippen LogP contribution in [0.1, 0.15) is 46.6 Å². The van der Waals surface area contributed by atoms with E-state index < -0.39 is 20.6 Å². The Bertz CT molecular complexity index is 894. The van der Waals surface area contributed by atoms with Crippen LogP contribution in [0.2, 0.25) is 5.15 Å². The van der Waals surface area contributed by atoms with Gasteiger partial charge in [-0.3, -0.25) is 0 Å². The highest BCUT2D eigenvalue weighted by molar-refractivity contribution is 7.91. The smallest absolute Gasteiger partial charge is 0.223 e. The minimum Gasteiger partial charge on any atom is -0.474 e. The van der Waals surface area contributed by atoms with E-state index in [0.717, 1.165) is 10.9 Å². The number of nitrogens with zero attached hydrogens (tertiary/aromatic N) is 2. The van der Waals surface area contributed by atoms with Crippen molar-refractivity contribution in [1.82, 2.24) is 9.97 Å². The molecule has 6 nitrogen and oxygen atoms in total. The van der Waals surface area contributed by atoms with Crippen molar-refractivity contribution >= 4 is 32.2 Å². The number of rotatable bonds is 7. The topological polar surface area (TPSA) is 95.2 Å². The SMILES string of the molecule is CCS(=O)(=O)[C@H](C)C[C@@H](C)Oc1ncc(C(C)(C)N)c2cc(Cl)ncc12. The van der Waals surface area contributed by atoms with Crippen LogP contribution in [0.25, 0.3) is 10.8 Å². The molecule has 8 heteroatoms. The molecule has 0 fully saturated rings. The Balaban J connectivity index is 2.36. The Morgan fingerprint density at radius 3 is 2.46 bits per heavy atom. The van der Waals surface area contributed by atoms with Crippen LogP contribution in [0.4, 0.5) is 0 Å². The maximum atomic E-state index is 12.0. The summed E-state index contributed by atoms with van der Waals surface area (Å²) >= 11 is 6.05. The first-order chi connectivity index (χ1) is 12.0. The van der Waals surface area contributed by atoms with E-state index in [9.17, 15) is 8.42 Å². The van der Waals surface area contributed by atoms with Gasteiger partial charge in [-0.1, -0.05) is 18.5 Å². The molecule has 0 aliphatic heterocycles. The van der Waals surface area contributed by atoms with E-state index in [2.05, 4.69) is 9.97 Å². The fraction of sp³-hybridized carbons (Fsp3) is 0.556. The Kier molecular flexibility index (Phi) is 6.15. The molecule has 2 rings (SSSR count). The lowest BCUT2D eigenvalue weighted by molar-refractivity contribution is 0.205. The molecule has 0 saturated carbocycles. The molecule has 2 aromatic heterocycles. The van der Waals surface area contributed by atoms with Crippen molar-refractivity contribution in [2.75, 3.05) is 5.75 Å². The van der Waals surface area contributed by atoms with Crippen molar-refractivity contribution in [2.24, 2.45) is 5.73 Å². The van der Waals surface area contributed by atoms with E-state index in [-0.39, 0.29) is 11.9 Å². The quantitative estimate of drug-likeness (QED) is 0.716. The molecule has 0 amide bonds. The molecule has 0 aromatic carbocycles. The van der Waals surface area contributed by atoms with E-state index in [1.165, 1.54) is 0 Å². The fourth-order valence-corrected chi connectivity index (χ4v) is 4.12. The van der Waals surface area contributed by atoms with Crippen molar-refractivity contribution < 1.29 is 13.2 Å². The summed E-state index contributed by atoms with van der Waals surface area (Å²) in [6, 6.07) is 1.74. The van der Waals surface area contributed by atoms with Gasteiger partial charge >= 0.3 is 0 Å². The Hall–Kier alpha value is -1.44. The summed E-state index contributed by atoms with van der Waals surface area (Å²) in [5, 5.41) is 1.40. The van der Waals surface area contributed by atoms with Gasteiger partial charge in [-0.25, -0.2) is 18.4 Å². The van der Waals surface area contributed by atoms with Gasteiger partial charge < -0.3 is 10.5 Å². The van der Waals surface area contributed by atoms with E-state index in [0.29, 0.717) is 22.8 Å². The summed E-state index contributed by atoms with van der Waals surface area (Å²) in [4.78, 5) is 8.52. The number of halogens is 1. The predicted octanol–water partition coefficient (Wildman–Crippen LogP) is 3.46. The number of nitrogens with two attached hydrogens (primary N) is 1. The highest BCUT2D eigenvalue weighted by atomic mass is 35.5. The third-order valence-corrected chi connectivity index (χ3v) is 6.82. The number of pyridine rings is 2. The molecule has 0 aliphatic rings. The Morgan fingerprint density at radius 1 is 1.23 bits per heavy atom. The molecule has 2 heterocycles. The normalized spacial score (nSPS) is 15.0. The largest absolute Gasteiger partial charge is 0.474 e. The van der Waals surface area contributed by atoms with Crippen LogP contribution in [0.3, 0.4) is 0 Å². The lowest BCUT2D eigenvalue weighted by Gasteiger charge is -2.23. The summed E-state index contributed by atoms with van der Waals surface area (Å²) in [6.45, 7) is 8.95.